The van der Waals surface area contributed by atoms with E-state index in [1.807, 2.05) is 0 Å². The van der Waals surface area contributed by atoms with E-state index in [0.717, 1.165) is 32.1 Å². The highest BCUT2D eigenvalue weighted by atomic mass is 16.4. The Labute approximate surface area is 72.9 Å². The normalized spacial score (nSPS) is 32.1. The first-order valence-electron chi connectivity index (χ1n) is 4.70. The summed E-state index contributed by atoms with van der Waals surface area (Å²) in [5.74, 6) is -1.02. The molecule has 1 aliphatic carbocycles. The summed E-state index contributed by atoms with van der Waals surface area (Å²) in [6.07, 6.45) is 6.11. The minimum absolute atomic E-state index is 0.122. The highest BCUT2D eigenvalue weighted by Crippen LogP contribution is 2.21. The molecule has 0 aromatic carbocycles. The first-order chi connectivity index (χ1) is 5.72. The van der Waals surface area contributed by atoms with Crippen LogP contribution in [-0.4, -0.2) is 17.1 Å². The molecule has 1 aliphatic rings. The van der Waals surface area contributed by atoms with Crippen molar-refractivity contribution in [2.45, 2.75) is 44.6 Å². The van der Waals surface area contributed by atoms with Gasteiger partial charge in [0.15, 0.2) is 0 Å². The molecular weight excluding hydrogens is 154 g/mol. The highest BCUT2D eigenvalue weighted by molar-refractivity contribution is 5.70. The average Bonchev–Trinajstić information content (AvgIpc) is 1.96. The second-order valence-electron chi connectivity index (χ2n) is 3.60. The van der Waals surface area contributed by atoms with Gasteiger partial charge >= 0.3 is 5.97 Å². The zero-order valence-corrected chi connectivity index (χ0v) is 7.33. The molecule has 70 valence electrons. The Balaban J connectivity index is 2.48. The van der Waals surface area contributed by atoms with Gasteiger partial charge in [0, 0.05) is 6.04 Å². The lowest BCUT2D eigenvalue weighted by atomic mass is 9.87. The molecule has 0 amide bonds. The Morgan fingerprint density at radius 1 is 1.17 bits per heavy atom. The average molecular weight is 171 g/mol. The summed E-state index contributed by atoms with van der Waals surface area (Å²) in [6.45, 7) is 0. The van der Waals surface area contributed by atoms with Gasteiger partial charge in [-0.25, -0.2) is 0 Å². The zero-order chi connectivity index (χ0) is 8.97. The van der Waals surface area contributed by atoms with Gasteiger partial charge in [-0.15, -0.1) is 0 Å². The topological polar surface area (TPSA) is 63.3 Å². The van der Waals surface area contributed by atoms with Gasteiger partial charge in [-0.3, -0.25) is 4.79 Å². The molecule has 2 atom stereocenters. The minimum Gasteiger partial charge on any atom is -0.481 e. The van der Waals surface area contributed by atoms with Crippen LogP contribution in [-0.2, 0) is 4.79 Å². The van der Waals surface area contributed by atoms with Crippen molar-refractivity contribution < 1.29 is 9.90 Å². The molecule has 12 heavy (non-hydrogen) atoms. The lowest BCUT2D eigenvalue weighted by Gasteiger charge is -2.22. The maximum absolute atomic E-state index is 10.7. The summed E-state index contributed by atoms with van der Waals surface area (Å²) in [5.41, 5.74) is 5.77. The molecule has 0 radical (unpaired) electrons. The minimum atomic E-state index is -0.718. The van der Waals surface area contributed by atoms with E-state index in [9.17, 15) is 4.79 Å². The monoisotopic (exact) mass is 171 g/mol. The summed E-state index contributed by atoms with van der Waals surface area (Å²) in [6, 6.07) is -0.122. The van der Waals surface area contributed by atoms with Crippen LogP contribution in [0.2, 0.25) is 0 Å². The quantitative estimate of drug-likeness (QED) is 0.626. The third kappa shape index (κ3) is 2.48. The molecule has 0 spiro atoms. The Morgan fingerprint density at radius 3 is 2.33 bits per heavy atom. The maximum Gasteiger partial charge on any atom is 0.308 e. The molecule has 0 saturated heterocycles. The summed E-state index contributed by atoms with van der Waals surface area (Å²) in [4.78, 5) is 10.7. The number of nitrogens with two attached hydrogens (primary N) is 1. The van der Waals surface area contributed by atoms with Gasteiger partial charge in [0.2, 0.25) is 0 Å². The van der Waals surface area contributed by atoms with E-state index in [-0.39, 0.29) is 12.0 Å². The van der Waals surface area contributed by atoms with Crippen LogP contribution in [0.4, 0.5) is 0 Å². The molecule has 0 heterocycles. The molecule has 0 unspecified atom stereocenters. The first-order valence-corrected chi connectivity index (χ1v) is 4.70. The predicted octanol–water partition coefficient (Wildman–Crippen LogP) is 1.37. The molecule has 3 N–H and O–H groups in total. The van der Waals surface area contributed by atoms with Crippen LogP contribution in [0.5, 0.6) is 0 Å². The van der Waals surface area contributed by atoms with E-state index in [0.29, 0.717) is 0 Å². The fourth-order valence-electron chi connectivity index (χ4n) is 1.82. The van der Waals surface area contributed by atoms with E-state index >= 15 is 0 Å². The number of carboxylic acid groups (broad SMARTS) is 1. The van der Waals surface area contributed by atoms with Crippen LogP contribution in [0, 0.1) is 5.92 Å². The van der Waals surface area contributed by atoms with Crippen molar-refractivity contribution in [3.8, 4) is 0 Å². The molecule has 0 bridgehead atoms. The standard InChI is InChI=1S/C9H17NO2/c10-8-6-4-2-1-3-5-7(8)9(11)12/h7-8H,1-6,10H2,(H,11,12)/t7-,8+/m0/s1. The summed E-state index contributed by atoms with van der Waals surface area (Å²) >= 11 is 0. The number of hydrogen-bond donors (Lipinski definition) is 2. The van der Waals surface area contributed by atoms with Gasteiger partial charge in [-0.05, 0) is 12.8 Å². The fourth-order valence-corrected chi connectivity index (χ4v) is 1.82. The molecular formula is C9H17NO2. The van der Waals surface area contributed by atoms with Crippen LogP contribution in [0.1, 0.15) is 38.5 Å². The highest BCUT2D eigenvalue weighted by Gasteiger charge is 2.25. The Morgan fingerprint density at radius 2 is 1.75 bits per heavy atom. The van der Waals surface area contributed by atoms with Crippen molar-refractivity contribution in [1.29, 1.82) is 0 Å². The SMILES string of the molecule is N[C@@H]1CCCCCC[C@@H]1C(=O)O. The summed E-state index contributed by atoms with van der Waals surface area (Å²) < 4.78 is 0. The third-order valence-electron chi connectivity index (χ3n) is 2.64. The van der Waals surface area contributed by atoms with Gasteiger partial charge in [0.1, 0.15) is 0 Å². The van der Waals surface area contributed by atoms with Crippen molar-refractivity contribution in [2.75, 3.05) is 0 Å². The van der Waals surface area contributed by atoms with E-state index in [1.165, 1.54) is 6.42 Å². The van der Waals surface area contributed by atoms with Crippen LogP contribution < -0.4 is 5.73 Å². The first kappa shape index (κ1) is 9.52. The van der Waals surface area contributed by atoms with Crippen molar-refractivity contribution in [3.63, 3.8) is 0 Å². The Hall–Kier alpha value is -0.570. The molecule has 0 aromatic heterocycles. The number of carbonyl (C=O) groups is 1. The summed E-state index contributed by atoms with van der Waals surface area (Å²) in [5, 5.41) is 8.85. The van der Waals surface area contributed by atoms with Crippen LogP contribution in [0.3, 0.4) is 0 Å². The third-order valence-corrected chi connectivity index (χ3v) is 2.64. The van der Waals surface area contributed by atoms with Crippen LogP contribution >= 0.6 is 0 Å². The smallest absolute Gasteiger partial charge is 0.308 e. The van der Waals surface area contributed by atoms with E-state index < -0.39 is 5.97 Å². The van der Waals surface area contributed by atoms with Crippen molar-refractivity contribution in [2.24, 2.45) is 11.7 Å². The maximum atomic E-state index is 10.7. The van der Waals surface area contributed by atoms with Gasteiger partial charge in [0.05, 0.1) is 5.92 Å². The Kier molecular flexibility index (Phi) is 3.53. The second kappa shape index (κ2) is 4.45. The van der Waals surface area contributed by atoms with Gasteiger partial charge in [-0.1, -0.05) is 25.7 Å². The van der Waals surface area contributed by atoms with Crippen molar-refractivity contribution in [3.05, 3.63) is 0 Å². The number of aliphatic carboxylic acids is 1. The van der Waals surface area contributed by atoms with Crippen LogP contribution in [0.15, 0.2) is 0 Å². The van der Waals surface area contributed by atoms with Crippen LogP contribution in [0.25, 0.3) is 0 Å². The summed E-state index contributed by atoms with van der Waals surface area (Å²) in [7, 11) is 0. The van der Waals surface area contributed by atoms with Gasteiger partial charge in [0.25, 0.3) is 0 Å². The Bertz CT molecular complexity index is 159. The fraction of sp³-hybridized carbons (Fsp3) is 0.889. The molecule has 3 nitrogen and oxygen atoms in total. The zero-order valence-electron chi connectivity index (χ0n) is 7.33. The molecule has 0 aromatic rings. The lowest BCUT2D eigenvalue weighted by Crippen LogP contribution is -2.36. The van der Waals surface area contributed by atoms with E-state index in [1.54, 1.807) is 0 Å². The second-order valence-corrected chi connectivity index (χ2v) is 3.60. The number of carboxylic acids is 1. The van der Waals surface area contributed by atoms with E-state index in [2.05, 4.69) is 0 Å². The molecule has 1 fully saturated rings. The molecule has 1 rings (SSSR count). The van der Waals surface area contributed by atoms with Gasteiger partial charge in [-0.2, -0.15) is 0 Å². The van der Waals surface area contributed by atoms with Crippen molar-refractivity contribution >= 4 is 5.97 Å². The van der Waals surface area contributed by atoms with Crippen molar-refractivity contribution in [1.82, 2.24) is 0 Å². The predicted molar refractivity (Wildman–Crippen MR) is 46.8 cm³/mol. The number of rotatable bonds is 1. The molecule has 1 saturated carbocycles. The lowest BCUT2D eigenvalue weighted by molar-refractivity contribution is -0.142. The largest absolute Gasteiger partial charge is 0.481 e. The van der Waals surface area contributed by atoms with Gasteiger partial charge < -0.3 is 10.8 Å². The molecule has 0 aliphatic heterocycles. The number of hydrogen-bond acceptors (Lipinski definition) is 2. The van der Waals surface area contributed by atoms with E-state index in [4.69, 9.17) is 10.8 Å². The molecule has 3 heteroatoms.